The fraction of sp³-hybridized carbons (Fsp3) is 0.594. The van der Waals surface area contributed by atoms with Gasteiger partial charge in [-0.3, -0.25) is 4.79 Å². The summed E-state index contributed by atoms with van der Waals surface area (Å²) < 4.78 is 34.9. The van der Waals surface area contributed by atoms with E-state index in [1.54, 1.807) is 25.1 Å². The molecule has 41 heavy (non-hydrogen) atoms. The summed E-state index contributed by atoms with van der Waals surface area (Å²) in [5.74, 6) is 0.805. The van der Waals surface area contributed by atoms with Gasteiger partial charge in [-0.2, -0.15) is 0 Å². The number of ether oxygens (including phenoxy) is 1. The van der Waals surface area contributed by atoms with E-state index in [0.29, 0.717) is 49.6 Å². The number of anilines is 1. The Morgan fingerprint density at radius 3 is 2.71 bits per heavy atom. The van der Waals surface area contributed by atoms with Gasteiger partial charge >= 0.3 is 0 Å². The molecule has 7 nitrogen and oxygen atoms in total. The topological polar surface area (TPSA) is 95.9 Å². The first-order valence-corrected chi connectivity index (χ1v) is 17.0. The van der Waals surface area contributed by atoms with Crippen molar-refractivity contribution in [2.45, 2.75) is 82.0 Å². The van der Waals surface area contributed by atoms with Gasteiger partial charge in [0.05, 0.1) is 23.6 Å². The van der Waals surface area contributed by atoms with Gasteiger partial charge < -0.3 is 14.7 Å². The summed E-state index contributed by atoms with van der Waals surface area (Å²) >= 11 is 6.39. The van der Waals surface area contributed by atoms with Crippen molar-refractivity contribution in [3.8, 4) is 5.75 Å². The monoisotopic (exact) mass is 600 g/mol. The number of rotatable bonds is 0. The number of fused-ring (bicyclic) bond motifs is 4. The molecule has 1 amide bonds. The van der Waals surface area contributed by atoms with E-state index in [9.17, 15) is 18.3 Å². The molecule has 6 rings (SSSR count). The molecule has 2 N–H and O–H groups in total. The minimum absolute atomic E-state index is 0.187. The van der Waals surface area contributed by atoms with Crippen LogP contribution in [0, 0.1) is 17.8 Å². The molecule has 0 unspecified atom stereocenters. The van der Waals surface area contributed by atoms with Gasteiger partial charge in [0.1, 0.15) is 5.75 Å². The lowest BCUT2D eigenvalue weighted by Crippen LogP contribution is -2.49. The van der Waals surface area contributed by atoms with Crippen molar-refractivity contribution in [1.82, 2.24) is 4.72 Å². The zero-order valence-corrected chi connectivity index (χ0v) is 25.5. The maximum Gasteiger partial charge on any atom is 0.264 e. The Hall–Kier alpha value is -2.29. The second-order valence-corrected chi connectivity index (χ2v) is 15.6. The van der Waals surface area contributed by atoms with Gasteiger partial charge in [0.15, 0.2) is 0 Å². The molecule has 1 spiro atoms. The summed E-state index contributed by atoms with van der Waals surface area (Å²) in [6, 6.07) is 11.4. The molecule has 2 aliphatic heterocycles. The van der Waals surface area contributed by atoms with Crippen LogP contribution in [0.5, 0.6) is 5.75 Å². The highest BCUT2D eigenvalue weighted by Crippen LogP contribution is 2.47. The maximum absolute atomic E-state index is 13.3. The number of hydrogen-bond donors (Lipinski definition) is 2. The summed E-state index contributed by atoms with van der Waals surface area (Å²) in [5.41, 5.74) is 3.39. The molecule has 2 bridgehead atoms. The third-order valence-corrected chi connectivity index (χ3v) is 12.2. The van der Waals surface area contributed by atoms with E-state index in [4.69, 9.17) is 16.3 Å². The fourth-order valence-corrected chi connectivity index (χ4v) is 8.75. The van der Waals surface area contributed by atoms with Crippen LogP contribution in [-0.4, -0.2) is 50.5 Å². The molecule has 0 aromatic heterocycles. The highest BCUT2D eigenvalue weighted by Gasteiger charge is 2.44. The lowest BCUT2D eigenvalue weighted by molar-refractivity contribution is 0.00130. The lowest BCUT2D eigenvalue weighted by Gasteiger charge is -2.46. The standard InChI is InChI=1S/C32H41ClN2O5S/c1-20-5-6-21(2)41(38,39)34-31(37)23-8-12-30-28(16-23)35(17-24-7-10-26(24)29(36)14-20)18-32(19-40-30)13-3-4-22-15-25(33)9-11-27(22)32/h8-9,11-12,15-16,20-21,24,26,29,36H,3-7,10,13-14,17-19H2,1-2H3,(H,34,37)/t20-,21-,24+,26-,29-,32+/m1/s1. The number of hydrogen-bond acceptors (Lipinski definition) is 6. The normalized spacial score (nSPS) is 33.4. The molecule has 1 saturated carbocycles. The number of aliphatic hydroxyl groups is 1. The maximum atomic E-state index is 13.3. The largest absolute Gasteiger partial charge is 0.490 e. The molecule has 1 fully saturated rings. The van der Waals surface area contributed by atoms with Crippen LogP contribution < -0.4 is 14.4 Å². The van der Waals surface area contributed by atoms with Gasteiger partial charge in [-0.05, 0) is 118 Å². The smallest absolute Gasteiger partial charge is 0.264 e. The zero-order chi connectivity index (χ0) is 28.9. The van der Waals surface area contributed by atoms with Crippen LogP contribution >= 0.6 is 11.6 Å². The summed E-state index contributed by atoms with van der Waals surface area (Å²) in [5, 5.41) is 11.3. The Morgan fingerprint density at radius 2 is 1.93 bits per heavy atom. The highest BCUT2D eigenvalue weighted by molar-refractivity contribution is 7.90. The number of aliphatic hydroxyl groups excluding tert-OH is 1. The average molecular weight is 601 g/mol. The molecule has 222 valence electrons. The minimum Gasteiger partial charge on any atom is -0.490 e. The van der Waals surface area contributed by atoms with Crippen LogP contribution in [0.2, 0.25) is 5.02 Å². The third kappa shape index (κ3) is 5.59. The first-order chi connectivity index (χ1) is 19.5. The number of carbonyl (C=O) groups is 1. The van der Waals surface area contributed by atoms with Gasteiger partial charge in [-0.1, -0.05) is 24.6 Å². The second kappa shape index (κ2) is 11.1. The lowest BCUT2D eigenvalue weighted by atomic mass is 9.67. The van der Waals surface area contributed by atoms with E-state index >= 15 is 0 Å². The van der Waals surface area contributed by atoms with Crippen molar-refractivity contribution in [2.75, 3.05) is 24.6 Å². The Labute approximate surface area is 248 Å². The zero-order valence-electron chi connectivity index (χ0n) is 23.9. The molecule has 2 aromatic rings. The number of sulfonamides is 1. The van der Waals surface area contributed by atoms with Crippen molar-refractivity contribution in [3.63, 3.8) is 0 Å². The molecule has 6 atom stereocenters. The summed E-state index contributed by atoms with van der Waals surface area (Å²) in [6.07, 6.45) is 6.40. The van der Waals surface area contributed by atoms with Crippen molar-refractivity contribution in [1.29, 1.82) is 0 Å². The van der Waals surface area contributed by atoms with Crippen molar-refractivity contribution in [2.24, 2.45) is 17.8 Å². The second-order valence-electron chi connectivity index (χ2n) is 13.1. The molecular weight excluding hydrogens is 560 g/mol. The van der Waals surface area contributed by atoms with Crippen molar-refractivity contribution >= 4 is 33.2 Å². The van der Waals surface area contributed by atoms with Gasteiger partial charge in [-0.25, -0.2) is 13.1 Å². The molecule has 4 aliphatic rings. The Bertz CT molecular complexity index is 1430. The van der Waals surface area contributed by atoms with Crippen LogP contribution in [0.15, 0.2) is 36.4 Å². The van der Waals surface area contributed by atoms with Crippen LogP contribution in [0.25, 0.3) is 0 Å². The summed E-state index contributed by atoms with van der Waals surface area (Å²) in [6.45, 7) is 5.70. The molecule has 9 heteroatoms. The van der Waals surface area contributed by atoms with Crippen molar-refractivity contribution < 1.29 is 23.1 Å². The fourth-order valence-electron chi connectivity index (χ4n) is 7.53. The predicted molar refractivity (Wildman–Crippen MR) is 161 cm³/mol. The summed E-state index contributed by atoms with van der Waals surface area (Å²) in [7, 11) is -3.85. The van der Waals surface area contributed by atoms with Gasteiger partial charge in [-0.15, -0.1) is 0 Å². The van der Waals surface area contributed by atoms with E-state index in [1.165, 1.54) is 11.1 Å². The van der Waals surface area contributed by atoms with Crippen LogP contribution in [0.1, 0.15) is 80.3 Å². The molecule has 0 saturated heterocycles. The molecule has 2 aromatic carbocycles. The predicted octanol–water partition coefficient (Wildman–Crippen LogP) is 5.47. The number of aryl methyl sites for hydroxylation is 1. The number of nitrogens with one attached hydrogen (secondary N) is 1. The first kappa shape index (κ1) is 28.8. The van der Waals surface area contributed by atoms with Crippen LogP contribution in [-0.2, 0) is 21.9 Å². The number of halogens is 1. The molecular formula is C32H41ClN2O5S. The van der Waals surface area contributed by atoms with E-state index in [-0.39, 0.29) is 17.3 Å². The van der Waals surface area contributed by atoms with E-state index in [2.05, 4.69) is 28.7 Å². The molecule has 2 aliphatic carbocycles. The highest BCUT2D eigenvalue weighted by atomic mass is 35.5. The van der Waals surface area contributed by atoms with Crippen LogP contribution in [0.3, 0.4) is 0 Å². The molecule has 0 radical (unpaired) electrons. The van der Waals surface area contributed by atoms with Gasteiger partial charge in [0.25, 0.3) is 5.91 Å². The van der Waals surface area contributed by atoms with Gasteiger partial charge in [0.2, 0.25) is 10.0 Å². The Morgan fingerprint density at radius 1 is 1.10 bits per heavy atom. The van der Waals surface area contributed by atoms with E-state index in [0.717, 1.165) is 49.4 Å². The Balaban J connectivity index is 1.41. The van der Waals surface area contributed by atoms with Crippen LogP contribution in [0.4, 0.5) is 5.69 Å². The minimum atomic E-state index is -3.85. The Kier molecular flexibility index (Phi) is 7.79. The van der Waals surface area contributed by atoms with E-state index in [1.807, 2.05) is 6.07 Å². The number of carbonyl (C=O) groups excluding carboxylic acids is 1. The first-order valence-electron chi connectivity index (χ1n) is 15.1. The summed E-state index contributed by atoms with van der Waals surface area (Å²) in [4.78, 5) is 15.6. The SMILES string of the molecule is C[C@@H]1CC[C@@H](C)S(=O)(=O)NC(=O)c2ccc3c(c2)N(C[C@@H]2CC[C@H]2[C@H](O)C1)C[C@@]1(CCCc2cc(Cl)ccc21)CO3. The average Bonchev–Trinajstić information content (AvgIpc) is 3.05. The third-order valence-electron chi connectivity index (χ3n) is 10.2. The number of amides is 1. The quantitative estimate of drug-likeness (QED) is 0.416. The van der Waals surface area contributed by atoms with Gasteiger partial charge in [0, 0.05) is 29.1 Å². The van der Waals surface area contributed by atoms with Crippen molar-refractivity contribution in [3.05, 3.63) is 58.1 Å². The van der Waals surface area contributed by atoms with E-state index < -0.39 is 27.3 Å². The number of nitrogens with zero attached hydrogens (tertiary/aromatic N) is 1. The number of benzene rings is 2. The molecule has 2 heterocycles.